The number of hydrogen-bond acceptors (Lipinski definition) is 9. The molecular formula is C21H20N6O2S. The zero-order valence-electron chi connectivity index (χ0n) is 16.4. The minimum Gasteiger partial charge on any atom is -0.496 e. The minimum absolute atomic E-state index is 0.468. The van der Waals surface area contributed by atoms with Crippen LogP contribution in [0, 0.1) is 0 Å². The molecule has 0 bridgehead atoms. The number of anilines is 2. The standard InChI is InChI=1S/C21H20N6O2S/c1-28-16-4-5-23-12-15(16)17-10-14-20(27-6-8-29-9-7-27)25-19(26-21(14)30-17)13-2-3-18(22)24-11-13/h2-5,10-12H,6-9H2,1H3,(H2,22,24). The van der Waals surface area contributed by atoms with Gasteiger partial charge in [-0.3, -0.25) is 4.98 Å². The number of hydrogen-bond donors (Lipinski definition) is 1. The predicted octanol–water partition coefficient (Wildman–Crippen LogP) is 3.24. The Balaban J connectivity index is 1.69. The lowest BCUT2D eigenvalue weighted by Crippen LogP contribution is -2.37. The molecule has 5 rings (SSSR count). The highest BCUT2D eigenvalue weighted by atomic mass is 32.1. The number of aromatic nitrogens is 4. The molecule has 0 aliphatic carbocycles. The fourth-order valence-corrected chi connectivity index (χ4v) is 4.51. The fourth-order valence-electron chi connectivity index (χ4n) is 3.47. The Hall–Kier alpha value is -3.30. The molecule has 2 N–H and O–H groups in total. The average molecular weight is 420 g/mol. The lowest BCUT2D eigenvalue weighted by atomic mass is 10.2. The quantitative estimate of drug-likeness (QED) is 0.537. The van der Waals surface area contributed by atoms with Crippen molar-refractivity contribution in [2.75, 3.05) is 44.0 Å². The smallest absolute Gasteiger partial charge is 0.164 e. The number of nitrogens with two attached hydrogens (primary N) is 1. The number of nitrogens with zero attached hydrogens (tertiary/aromatic N) is 5. The number of thiophene rings is 1. The second-order valence-corrected chi connectivity index (χ2v) is 7.88. The van der Waals surface area contributed by atoms with Crippen LogP contribution in [0.1, 0.15) is 0 Å². The molecule has 1 aliphatic heterocycles. The van der Waals surface area contributed by atoms with Crippen LogP contribution in [0.15, 0.2) is 42.9 Å². The van der Waals surface area contributed by atoms with E-state index in [1.54, 1.807) is 36.9 Å². The molecule has 1 aliphatic rings. The zero-order valence-corrected chi connectivity index (χ0v) is 17.2. The first kappa shape index (κ1) is 18.7. The highest BCUT2D eigenvalue weighted by molar-refractivity contribution is 7.22. The van der Waals surface area contributed by atoms with Crippen molar-refractivity contribution in [2.45, 2.75) is 0 Å². The van der Waals surface area contributed by atoms with Gasteiger partial charge in [0.25, 0.3) is 0 Å². The van der Waals surface area contributed by atoms with Crippen LogP contribution in [0.4, 0.5) is 11.6 Å². The molecule has 4 aromatic rings. The van der Waals surface area contributed by atoms with Gasteiger partial charge in [0.2, 0.25) is 0 Å². The van der Waals surface area contributed by atoms with Crippen molar-refractivity contribution in [3.05, 3.63) is 42.9 Å². The van der Waals surface area contributed by atoms with Crippen molar-refractivity contribution in [3.8, 4) is 27.6 Å². The van der Waals surface area contributed by atoms with E-state index >= 15 is 0 Å². The Morgan fingerprint density at radius 2 is 2.00 bits per heavy atom. The third kappa shape index (κ3) is 3.42. The fraction of sp³-hybridized carbons (Fsp3) is 0.238. The Kier molecular flexibility index (Phi) is 4.89. The number of nitrogen functional groups attached to an aromatic ring is 1. The maximum atomic E-state index is 5.75. The summed E-state index contributed by atoms with van der Waals surface area (Å²) in [6.45, 7) is 2.93. The van der Waals surface area contributed by atoms with E-state index in [1.807, 2.05) is 18.3 Å². The van der Waals surface area contributed by atoms with E-state index in [-0.39, 0.29) is 0 Å². The monoisotopic (exact) mass is 420 g/mol. The topological polar surface area (TPSA) is 99.3 Å². The van der Waals surface area contributed by atoms with E-state index in [0.29, 0.717) is 24.9 Å². The first-order valence-corrected chi connectivity index (χ1v) is 10.4. The molecule has 8 nitrogen and oxygen atoms in total. The molecule has 0 unspecified atom stereocenters. The third-order valence-corrected chi connectivity index (χ3v) is 6.06. The van der Waals surface area contributed by atoms with E-state index in [9.17, 15) is 0 Å². The zero-order chi connectivity index (χ0) is 20.5. The van der Waals surface area contributed by atoms with Gasteiger partial charge < -0.3 is 20.1 Å². The predicted molar refractivity (Wildman–Crippen MR) is 118 cm³/mol. The van der Waals surface area contributed by atoms with Crippen molar-refractivity contribution >= 4 is 33.2 Å². The van der Waals surface area contributed by atoms with E-state index < -0.39 is 0 Å². The van der Waals surface area contributed by atoms with E-state index in [4.69, 9.17) is 25.2 Å². The summed E-state index contributed by atoms with van der Waals surface area (Å²) in [6.07, 6.45) is 5.25. The summed E-state index contributed by atoms with van der Waals surface area (Å²) in [5.41, 5.74) is 7.51. The van der Waals surface area contributed by atoms with Gasteiger partial charge in [-0.2, -0.15) is 0 Å². The first-order valence-electron chi connectivity index (χ1n) is 9.57. The van der Waals surface area contributed by atoms with Crippen LogP contribution >= 0.6 is 11.3 Å². The Bertz CT molecular complexity index is 1190. The summed E-state index contributed by atoms with van der Waals surface area (Å²) in [4.78, 5) is 22.4. The van der Waals surface area contributed by atoms with Gasteiger partial charge in [-0.1, -0.05) is 0 Å². The van der Waals surface area contributed by atoms with Gasteiger partial charge in [-0.25, -0.2) is 15.0 Å². The molecule has 30 heavy (non-hydrogen) atoms. The Morgan fingerprint density at radius 1 is 1.13 bits per heavy atom. The lowest BCUT2D eigenvalue weighted by molar-refractivity contribution is 0.122. The first-order chi connectivity index (χ1) is 14.7. The molecule has 0 saturated carbocycles. The van der Waals surface area contributed by atoms with Crippen LogP contribution < -0.4 is 15.4 Å². The molecule has 9 heteroatoms. The van der Waals surface area contributed by atoms with Gasteiger partial charge in [0.1, 0.15) is 22.2 Å². The van der Waals surface area contributed by atoms with Crippen LogP contribution in [0.3, 0.4) is 0 Å². The molecular weight excluding hydrogens is 400 g/mol. The van der Waals surface area contributed by atoms with E-state index in [0.717, 1.165) is 50.9 Å². The molecule has 0 amide bonds. The second kappa shape index (κ2) is 7.85. The summed E-state index contributed by atoms with van der Waals surface area (Å²) >= 11 is 1.60. The second-order valence-electron chi connectivity index (χ2n) is 6.85. The number of ether oxygens (including phenoxy) is 2. The number of fused-ring (bicyclic) bond motifs is 1. The highest BCUT2D eigenvalue weighted by Crippen LogP contribution is 2.40. The van der Waals surface area contributed by atoms with Crippen molar-refractivity contribution in [3.63, 3.8) is 0 Å². The summed E-state index contributed by atoms with van der Waals surface area (Å²) in [7, 11) is 1.66. The van der Waals surface area contributed by atoms with Crippen LogP contribution in [-0.4, -0.2) is 53.3 Å². The minimum atomic E-state index is 0.468. The number of methoxy groups -OCH3 is 1. The van der Waals surface area contributed by atoms with E-state index in [1.165, 1.54) is 0 Å². The van der Waals surface area contributed by atoms with Gasteiger partial charge in [0.15, 0.2) is 5.82 Å². The summed E-state index contributed by atoms with van der Waals surface area (Å²) in [6, 6.07) is 7.64. The molecule has 4 aromatic heterocycles. The molecule has 152 valence electrons. The lowest BCUT2D eigenvalue weighted by Gasteiger charge is -2.28. The number of pyridine rings is 2. The Morgan fingerprint density at radius 3 is 2.77 bits per heavy atom. The van der Waals surface area contributed by atoms with E-state index in [2.05, 4.69) is 20.9 Å². The van der Waals surface area contributed by atoms with Gasteiger partial charge in [0, 0.05) is 42.1 Å². The molecule has 0 radical (unpaired) electrons. The van der Waals surface area contributed by atoms with Crippen molar-refractivity contribution in [1.82, 2.24) is 19.9 Å². The van der Waals surface area contributed by atoms with Crippen molar-refractivity contribution in [1.29, 1.82) is 0 Å². The molecule has 0 atom stereocenters. The summed E-state index contributed by atoms with van der Waals surface area (Å²) < 4.78 is 11.1. The Labute approximate surface area is 177 Å². The largest absolute Gasteiger partial charge is 0.496 e. The van der Waals surface area contributed by atoms with Crippen LogP contribution in [0.25, 0.3) is 32.0 Å². The summed E-state index contributed by atoms with van der Waals surface area (Å²) in [5, 5.41) is 1.01. The van der Waals surface area contributed by atoms with Crippen LogP contribution in [-0.2, 0) is 4.74 Å². The average Bonchev–Trinajstić information content (AvgIpc) is 3.23. The van der Waals surface area contributed by atoms with Crippen molar-refractivity contribution < 1.29 is 9.47 Å². The molecule has 1 fully saturated rings. The van der Waals surface area contributed by atoms with Crippen LogP contribution in [0.2, 0.25) is 0 Å². The van der Waals surface area contributed by atoms with Gasteiger partial charge in [-0.15, -0.1) is 11.3 Å². The van der Waals surface area contributed by atoms with Gasteiger partial charge >= 0.3 is 0 Å². The summed E-state index contributed by atoms with van der Waals surface area (Å²) in [5.74, 6) is 2.78. The molecule has 5 heterocycles. The van der Waals surface area contributed by atoms with Crippen molar-refractivity contribution in [2.24, 2.45) is 0 Å². The molecule has 0 spiro atoms. The normalized spacial score (nSPS) is 14.2. The van der Waals surface area contributed by atoms with Gasteiger partial charge in [0.05, 0.1) is 31.3 Å². The number of morpholine rings is 1. The maximum absolute atomic E-state index is 5.75. The number of rotatable bonds is 4. The molecule has 1 saturated heterocycles. The molecule has 0 aromatic carbocycles. The highest BCUT2D eigenvalue weighted by Gasteiger charge is 2.21. The van der Waals surface area contributed by atoms with Gasteiger partial charge in [-0.05, 0) is 24.3 Å². The maximum Gasteiger partial charge on any atom is 0.164 e. The SMILES string of the molecule is COc1ccncc1-c1cc2c(N3CCOCC3)nc(-c3ccc(N)nc3)nc2s1. The third-order valence-electron chi connectivity index (χ3n) is 4.99. The van der Waals surface area contributed by atoms with Crippen LogP contribution in [0.5, 0.6) is 5.75 Å².